The standard InChI is InChI=1S/C38H66NO8P/c1-3-5-7-9-11-13-15-16-17-18-19-20-21-23-25-27-29-31-38(42)45-34-36(40)35-47-48(43,44)46-33-32-39-37(41)30-28-26-24-22-14-12-10-8-6-4-2/h5,7,11,13,16-17,19-20,23,25,36,40H,3-4,6,8-10,12,14-15,18,21-22,24,26-35H2,1-2H3,(H,39,41)(H,43,44)/b7-5-,13-11-,17-16-,20-19-,25-23-. The second kappa shape index (κ2) is 34.6. The molecule has 0 spiro atoms. The minimum Gasteiger partial charge on any atom is -0.463 e. The third-order valence-electron chi connectivity index (χ3n) is 7.21. The average molecular weight is 696 g/mol. The number of carbonyl (C=O) groups excluding carboxylic acids is 2. The van der Waals surface area contributed by atoms with E-state index in [4.69, 9.17) is 13.8 Å². The molecule has 10 heteroatoms. The highest BCUT2D eigenvalue weighted by Crippen LogP contribution is 2.42. The molecule has 0 aliphatic rings. The minimum absolute atomic E-state index is 0.0737. The maximum Gasteiger partial charge on any atom is 0.472 e. The number of carbonyl (C=O) groups is 2. The largest absolute Gasteiger partial charge is 0.472 e. The van der Waals surface area contributed by atoms with Gasteiger partial charge >= 0.3 is 13.8 Å². The fourth-order valence-corrected chi connectivity index (χ4v) is 5.23. The van der Waals surface area contributed by atoms with Gasteiger partial charge in [-0.15, -0.1) is 0 Å². The fraction of sp³-hybridized carbons (Fsp3) is 0.684. The van der Waals surface area contributed by atoms with Crippen LogP contribution in [0, 0.1) is 0 Å². The summed E-state index contributed by atoms with van der Waals surface area (Å²) in [7, 11) is -4.42. The molecule has 1 amide bonds. The molecule has 0 aromatic rings. The second-order valence-electron chi connectivity index (χ2n) is 11.8. The van der Waals surface area contributed by atoms with Crippen molar-refractivity contribution in [1.29, 1.82) is 0 Å². The first-order valence-corrected chi connectivity index (χ1v) is 19.8. The molecular weight excluding hydrogens is 629 g/mol. The average Bonchev–Trinajstić information content (AvgIpc) is 3.07. The SMILES string of the molecule is CC/C=C\C/C=C\C/C=C\C/C=C\C/C=C\CCCC(=O)OCC(O)COP(=O)(O)OCCNC(=O)CCCCCCCCCCCC. The molecule has 0 radical (unpaired) electrons. The zero-order valence-electron chi connectivity index (χ0n) is 29.9. The van der Waals surface area contributed by atoms with E-state index in [9.17, 15) is 24.2 Å². The number of aliphatic hydroxyl groups excluding tert-OH is 1. The minimum atomic E-state index is -4.42. The lowest BCUT2D eigenvalue weighted by molar-refractivity contribution is -0.147. The van der Waals surface area contributed by atoms with E-state index in [0.29, 0.717) is 12.8 Å². The molecule has 2 atom stereocenters. The molecular formula is C38H66NO8P. The molecule has 0 aliphatic carbocycles. The molecule has 2 unspecified atom stereocenters. The van der Waals surface area contributed by atoms with Crippen molar-refractivity contribution >= 4 is 19.7 Å². The van der Waals surface area contributed by atoms with E-state index in [1.807, 2.05) is 6.08 Å². The number of phosphoric ester groups is 1. The van der Waals surface area contributed by atoms with Crippen LogP contribution in [0.2, 0.25) is 0 Å². The summed E-state index contributed by atoms with van der Waals surface area (Å²) >= 11 is 0. The van der Waals surface area contributed by atoms with Crippen molar-refractivity contribution < 1.29 is 37.9 Å². The first kappa shape index (κ1) is 45.7. The van der Waals surface area contributed by atoms with Crippen molar-refractivity contribution in [2.45, 2.75) is 142 Å². The van der Waals surface area contributed by atoms with Crippen LogP contribution in [-0.4, -0.2) is 54.3 Å². The molecule has 0 saturated heterocycles. The van der Waals surface area contributed by atoms with Crippen LogP contribution >= 0.6 is 7.82 Å². The molecule has 0 aromatic heterocycles. The van der Waals surface area contributed by atoms with E-state index < -0.39 is 26.5 Å². The van der Waals surface area contributed by atoms with Crippen LogP contribution in [0.25, 0.3) is 0 Å². The van der Waals surface area contributed by atoms with Gasteiger partial charge in [-0.2, -0.15) is 0 Å². The number of aliphatic hydroxyl groups is 1. The zero-order valence-corrected chi connectivity index (χ0v) is 30.8. The summed E-state index contributed by atoms with van der Waals surface area (Å²) < 4.78 is 26.7. The third kappa shape index (κ3) is 35.0. The molecule has 9 nitrogen and oxygen atoms in total. The first-order valence-electron chi connectivity index (χ1n) is 18.3. The number of amides is 1. The summed E-state index contributed by atoms with van der Waals surface area (Å²) in [6.07, 6.45) is 38.7. The zero-order chi connectivity index (χ0) is 35.4. The fourth-order valence-electron chi connectivity index (χ4n) is 4.47. The van der Waals surface area contributed by atoms with Gasteiger partial charge < -0.3 is 20.1 Å². The van der Waals surface area contributed by atoms with Crippen LogP contribution < -0.4 is 5.32 Å². The van der Waals surface area contributed by atoms with Gasteiger partial charge in [-0.05, 0) is 51.4 Å². The second-order valence-corrected chi connectivity index (χ2v) is 13.3. The van der Waals surface area contributed by atoms with Crippen molar-refractivity contribution in [1.82, 2.24) is 5.32 Å². The van der Waals surface area contributed by atoms with Gasteiger partial charge in [0.25, 0.3) is 0 Å². The Kier molecular flexibility index (Phi) is 32.9. The van der Waals surface area contributed by atoms with E-state index in [1.54, 1.807) is 0 Å². The Balaban J connectivity index is 3.75. The van der Waals surface area contributed by atoms with E-state index in [1.165, 1.54) is 44.9 Å². The van der Waals surface area contributed by atoms with Crippen LogP contribution in [0.4, 0.5) is 0 Å². The lowest BCUT2D eigenvalue weighted by Gasteiger charge is -2.15. The third-order valence-corrected chi connectivity index (χ3v) is 8.20. The van der Waals surface area contributed by atoms with Gasteiger partial charge in [-0.1, -0.05) is 132 Å². The Morgan fingerprint density at radius 3 is 1.75 bits per heavy atom. The number of hydrogen-bond donors (Lipinski definition) is 3. The van der Waals surface area contributed by atoms with Gasteiger partial charge in [0.1, 0.15) is 12.7 Å². The summed E-state index contributed by atoms with van der Waals surface area (Å²) in [5, 5.41) is 12.6. The monoisotopic (exact) mass is 695 g/mol. The van der Waals surface area contributed by atoms with Crippen molar-refractivity contribution in [2.75, 3.05) is 26.4 Å². The normalized spacial score (nSPS) is 14.2. The molecule has 0 aliphatic heterocycles. The maximum atomic E-state index is 12.0. The van der Waals surface area contributed by atoms with Gasteiger partial charge in [0, 0.05) is 19.4 Å². The topological polar surface area (TPSA) is 131 Å². The molecule has 276 valence electrons. The Hall–Kier alpha value is -2.29. The number of allylic oxidation sites excluding steroid dienone is 10. The van der Waals surface area contributed by atoms with Crippen LogP contribution in [0.1, 0.15) is 136 Å². The van der Waals surface area contributed by atoms with Crippen LogP contribution in [0.5, 0.6) is 0 Å². The molecule has 0 aromatic carbocycles. The van der Waals surface area contributed by atoms with Gasteiger partial charge in [0.05, 0.1) is 13.2 Å². The Morgan fingerprint density at radius 1 is 0.667 bits per heavy atom. The van der Waals surface area contributed by atoms with E-state index >= 15 is 0 Å². The molecule has 0 rings (SSSR count). The van der Waals surface area contributed by atoms with Crippen LogP contribution in [0.15, 0.2) is 60.8 Å². The van der Waals surface area contributed by atoms with Crippen molar-refractivity contribution in [3.8, 4) is 0 Å². The number of rotatable bonds is 33. The molecule has 0 fully saturated rings. The Labute approximate surface area is 291 Å². The summed E-state index contributed by atoms with van der Waals surface area (Å²) in [5.41, 5.74) is 0. The van der Waals surface area contributed by atoms with E-state index in [2.05, 4.69) is 73.8 Å². The van der Waals surface area contributed by atoms with Gasteiger partial charge in [0.15, 0.2) is 0 Å². The Bertz CT molecular complexity index is 976. The van der Waals surface area contributed by atoms with Crippen molar-refractivity contribution in [3.63, 3.8) is 0 Å². The van der Waals surface area contributed by atoms with E-state index in [0.717, 1.165) is 57.8 Å². The summed E-state index contributed by atoms with van der Waals surface area (Å²) in [6.45, 7) is 3.33. The van der Waals surface area contributed by atoms with Crippen molar-refractivity contribution in [3.05, 3.63) is 60.8 Å². The van der Waals surface area contributed by atoms with E-state index in [-0.39, 0.29) is 32.1 Å². The van der Waals surface area contributed by atoms with Gasteiger partial charge in [-0.3, -0.25) is 18.6 Å². The summed E-state index contributed by atoms with van der Waals surface area (Å²) in [6, 6.07) is 0. The van der Waals surface area contributed by atoms with Crippen LogP contribution in [-0.2, 0) is 27.9 Å². The Morgan fingerprint density at radius 2 is 1.19 bits per heavy atom. The summed E-state index contributed by atoms with van der Waals surface area (Å²) in [4.78, 5) is 33.6. The smallest absolute Gasteiger partial charge is 0.463 e. The van der Waals surface area contributed by atoms with Gasteiger partial charge in [-0.25, -0.2) is 4.57 Å². The molecule has 48 heavy (non-hydrogen) atoms. The number of nitrogens with one attached hydrogen (secondary N) is 1. The highest BCUT2D eigenvalue weighted by Gasteiger charge is 2.23. The highest BCUT2D eigenvalue weighted by atomic mass is 31.2. The number of esters is 1. The number of unbranched alkanes of at least 4 members (excludes halogenated alkanes) is 10. The number of hydrogen-bond acceptors (Lipinski definition) is 7. The summed E-state index contributed by atoms with van der Waals surface area (Å²) in [5.74, 6) is -0.583. The quantitative estimate of drug-likeness (QED) is 0.0268. The molecule has 3 N–H and O–H groups in total. The first-order chi connectivity index (χ1) is 23.3. The number of ether oxygens (including phenoxy) is 1. The maximum absolute atomic E-state index is 12.0. The van der Waals surface area contributed by atoms with Crippen LogP contribution in [0.3, 0.4) is 0 Å². The predicted octanol–water partition coefficient (Wildman–Crippen LogP) is 9.37. The predicted molar refractivity (Wildman–Crippen MR) is 196 cm³/mol. The lowest BCUT2D eigenvalue weighted by atomic mass is 10.1. The lowest BCUT2D eigenvalue weighted by Crippen LogP contribution is -2.27. The molecule has 0 heterocycles. The molecule has 0 saturated carbocycles. The highest BCUT2D eigenvalue weighted by molar-refractivity contribution is 7.47. The number of phosphoric acid groups is 1. The van der Waals surface area contributed by atoms with Crippen molar-refractivity contribution in [2.24, 2.45) is 0 Å². The molecule has 0 bridgehead atoms. The van der Waals surface area contributed by atoms with Gasteiger partial charge in [0.2, 0.25) is 5.91 Å².